The summed E-state index contributed by atoms with van der Waals surface area (Å²) in [6.45, 7) is 1.65. The van der Waals surface area contributed by atoms with Crippen molar-refractivity contribution in [2.75, 3.05) is 4.90 Å². The number of halogens is 2. The number of phenols is 1. The third kappa shape index (κ3) is 3.04. The van der Waals surface area contributed by atoms with Gasteiger partial charge in [-0.2, -0.15) is 0 Å². The molecule has 7 heteroatoms. The first-order chi connectivity index (χ1) is 12.3. The quantitative estimate of drug-likeness (QED) is 0.799. The second kappa shape index (κ2) is 7.02. The zero-order chi connectivity index (χ0) is 19.0. The zero-order valence-corrected chi connectivity index (χ0v) is 15.3. The van der Waals surface area contributed by atoms with Crippen LogP contribution >= 0.6 is 23.2 Å². The molecule has 0 bridgehead atoms. The molecule has 5 nitrogen and oxygen atoms in total. The van der Waals surface area contributed by atoms with Crippen LogP contribution in [0.3, 0.4) is 0 Å². The van der Waals surface area contributed by atoms with E-state index in [1.165, 1.54) is 17.0 Å². The average Bonchev–Trinajstić information content (AvgIpc) is 2.89. The lowest BCUT2D eigenvalue weighted by atomic mass is 9.94. The number of aromatic hydroxyl groups is 1. The van der Waals surface area contributed by atoms with E-state index >= 15 is 0 Å². The lowest BCUT2D eigenvalue weighted by Gasteiger charge is -2.27. The van der Waals surface area contributed by atoms with E-state index in [0.717, 1.165) is 0 Å². The number of nitrogens with zero attached hydrogens (tertiary/aromatic N) is 1. The second-order valence-electron chi connectivity index (χ2n) is 5.80. The molecule has 134 valence electrons. The summed E-state index contributed by atoms with van der Waals surface area (Å²) in [6.07, 6.45) is 0.128. The Balaban J connectivity index is 2.19. The molecule has 0 radical (unpaired) electrons. The van der Waals surface area contributed by atoms with E-state index in [-0.39, 0.29) is 28.5 Å². The molecule has 1 atom stereocenters. The van der Waals surface area contributed by atoms with Crippen LogP contribution in [0, 0.1) is 0 Å². The Morgan fingerprint density at radius 2 is 1.77 bits per heavy atom. The van der Waals surface area contributed by atoms with Crippen molar-refractivity contribution in [2.45, 2.75) is 19.4 Å². The Morgan fingerprint density at radius 1 is 1.12 bits per heavy atom. The van der Waals surface area contributed by atoms with Crippen LogP contribution in [-0.2, 0) is 9.59 Å². The number of aliphatic hydroxyl groups excluding tert-OH is 1. The monoisotopic (exact) mass is 391 g/mol. The number of anilines is 1. The zero-order valence-electron chi connectivity index (χ0n) is 13.7. The number of benzene rings is 2. The summed E-state index contributed by atoms with van der Waals surface area (Å²) in [6, 6.07) is 10.0. The minimum atomic E-state index is -0.853. The largest absolute Gasteiger partial charge is 0.506 e. The number of rotatable bonds is 4. The number of ketones is 1. The van der Waals surface area contributed by atoms with Gasteiger partial charge in [-0.3, -0.25) is 14.5 Å². The second-order valence-corrected chi connectivity index (χ2v) is 6.65. The topological polar surface area (TPSA) is 77.8 Å². The van der Waals surface area contributed by atoms with E-state index < -0.39 is 17.7 Å². The van der Waals surface area contributed by atoms with Gasteiger partial charge in [0.05, 0.1) is 16.6 Å². The van der Waals surface area contributed by atoms with Gasteiger partial charge in [0, 0.05) is 17.1 Å². The van der Waals surface area contributed by atoms with E-state index in [1.54, 1.807) is 37.3 Å². The van der Waals surface area contributed by atoms with Crippen molar-refractivity contribution in [2.24, 2.45) is 0 Å². The number of Topliss-reactive ketones (excluding diaryl/α,β-unsaturated/α-hetero) is 1. The Hall–Kier alpha value is -2.50. The van der Waals surface area contributed by atoms with Crippen molar-refractivity contribution in [3.05, 3.63) is 69.4 Å². The molecule has 26 heavy (non-hydrogen) atoms. The Bertz CT molecular complexity index is 922. The van der Waals surface area contributed by atoms with Crippen LogP contribution in [0.5, 0.6) is 5.75 Å². The minimum absolute atomic E-state index is 0.00852. The number of hydrogen-bond acceptors (Lipinski definition) is 4. The molecule has 1 amide bonds. The van der Waals surface area contributed by atoms with Gasteiger partial charge in [0.25, 0.3) is 5.91 Å². The fourth-order valence-electron chi connectivity index (χ4n) is 2.96. The van der Waals surface area contributed by atoms with Gasteiger partial charge in [-0.25, -0.2) is 0 Å². The van der Waals surface area contributed by atoms with Crippen LogP contribution in [0.1, 0.15) is 24.9 Å². The smallest absolute Gasteiger partial charge is 0.294 e. The SMILES string of the molecule is CCC(=O)C1=C(O)C(=O)N(c2ccc(Cl)cc2)C1c1ccc(O)c(Cl)c1. The van der Waals surface area contributed by atoms with Gasteiger partial charge >= 0.3 is 0 Å². The number of phenolic OH excluding ortho intramolecular Hbond substituents is 1. The predicted octanol–water partition coefficient (Wildman–Crippen LogP) is 4.58. The normalized spacial score (nSPS) is 17.1. The van der Waals surface area contributed by atoms with E-state index in [9.17, 15) is 19.8 Å². The van der Waals surface area contributed by atoms with Gasteiger partial charge in [0.2, 0.25) is 0 Å². The molecule has 2 N–H and O–H groups in total. The highest BCUT2D eigenvalue weighted by Crippen LogP contribution is 2.42. The maximum absolute atomic E-state index is 12.7. The predicted molar refractivity (Wildman–Crippen MR) is 99.7 cm³/mol. The average molecular weight is 392 g/mol. The fourth-order valence-corrected chi connectivity index (χ4v) is 3.27. The highest BCUT2D eigenvalue weighted by atomic mass is 35.5. The number of carbonyl (C=O) groups excluding carboxylic acids is 2. The van der Waals surface area contributed by atoms with Crippen molar-refractivity contribution in [3.63, 3.8) is 0 Å². The van der Waals surface area contributed by atoms with Gasteiger partial charge in [0.15, 0.2) is 11.5 Å². The summed E-state index contributed by atoms with van der Waals surface area (Å²) >= 11 is 11.9. The summed E-state index contributed by atoms with van der Waals surface area (Å²) in [5.41, 5.74) is 0.977. The standard InChI is InChI=1S/C19H15Cl2NO4/c1-2-14(23)16-17(10-3-8-15(24)13(21)9-10)22(19(26)18(16)25)12-6-4-11(20)5-7-12/h3-9,17,24-25H,2H2,1H3. The van der Waals surface area contributed by atoms with E-state index in [1.807, 2.05) is 0 Å². The number of hydrogen-bond donors (Lipinski definition) is 2. The van der Waals surface area contributed by atoms with Gasteiger partial charge in [-0.15, -0.1) is 0 Å². The molecule has 0 spiro atoms. The lowest BCUT2D eigenvalue weighted by Crippen LogP contribution is -2.30. The summed E-state index contributed by atoms with van der Waals surface area (Å²) in [5, 5.41) is 20.6. The molecule has 0 aliphatic carbocycles. The molecule has 1 aliphatic rings. The van der Waals surface area contributed by atoms with Crippen LogP contribution in [0.4, 0.5) is 5.69 Å². The van der Waals surface area contributed by atoms with Gasteiger partial charge in [-0.1, -0.05) is 36.2 Å². The highest BCUT2D eigenvalue weighted by Gasteiger charge is 2.43. The first kappa shape index (κ1) is 18.3. The maximum atomic E-state index is 12.7. The molecule has 0 fully saturated rings. The van der Waals surface area contributed by atoms with Gasteiger partial charge < -0.3 is 10.2 Å². The molecule has 2 aromatic rings. The highest BCUT2D eigenvalue weighted by molar-refractivity contribution is 6.32. The Kier molecular flexibility index (Phi) is 4.94. The van der Waals surface area contributed by atoms with Crippen molar-refractivity contribution < 1.29 is 19.8 Å². The number of aliphatic hydroxyl groups is 1. The molecule has 1 unspecified atom stereocenters. The van der Waals surface area contributed by atoms with Crippen molar-refractivity contribution in [3.8, 4) is 5.75 Å². The minimum Gasteiger partial charge on any atom is -0.506 e. The third-order valence-corrected chi connectivity index (χ3v) is 4.78. The molecule has 0 saturated carbocycles. The molecule has 1 heterocycles. The first-order valence-corrected chi connectivity index (χ1v) is 8.64. The number of amides is 1. The Labute approximate surface area is 160 Å². The van der Waals surface area contributed by atoms with Crippen molar-refractivity contribution >= 4 is 40.6 Å². The Morgan fingerprint density at radius 3 is 2.35 bits per heavy atom. The summed E-state index contributed by atoms with van der Waals surface area (Å²) in [7, 11) is 0. The van der Waals surface area contributed by atoms with Gasteiger partial charge in [-0.05, 0) is 42.0 Å². The maximum Gasteiger partial charge on any atom is 0.294 e. The van der Waals surface area contributed by atoms with Crippen LogP contribution in [0.15, 0.2) is 53.8 Å². The summed E-state index contributed by atoms with van der Waals surface area (Å²) in [5.74, 6) is -1.73. The van der Waals surface area contributed by atoms with Crippen LogP contribution in [0.2, 0.25) is 10.0 Å². The third-order valence-electron chi connectivity index (χ3n) is 4.22. The van der Waals surface area contributed by atoms with E-state index in [4.69, 9.17) is 23.2 Å². The number of carbonyl (C=O) groups is 2. The summed E-state index contributed by atoms with van der Waals surface area (Å²) in [4.78, 5) is 26.5. The molecule has 1 aliphatic heterocycles. The molecule has 0 saturated heterocycles. The fraction of sp³-hybridized carbons (Fsp3) is 0.158. The lowest BCUT2D eigenvalue weighted by molar-refractivity contribution is -0.118. The van der Waals surface area contributed by atoms with E-state index in [2.05, 4.69) is 0 Å². The molecular formula is C19H15Cl2NO4. The van der Waals surface area contributed by atoms with Crippen LogP contribution < -0.4 is 4.90 Å². The summed E-state index contributed by atoms with van der Waals surface area (Å²) < 4.78 is 0. The van der Waals surface area contributed by atoms with Gasteiger partial charge in [0.1, 0.15) is 5.75 Å². The molecule has 3 rings (SSSR count). The van der Waals surface area contributed by atoms with Crippen molar-refractivity contribution in [1.82, 2.24) is 0 Å². The van der Waals surface area contributed by atoms with Crippen molar-refractivity contribution in [1.29, 1.82) is 0 Å². The van der Waals surface area contributed by atoms with E-state index in [0.29, 0.717) is 16.3 Å². The van der Waals surface area contributed by atoms with Crippen LogP contribution in [0.25, 0.3) is 0 Å². The van der Waals surface area contributed by atoms with Crippen LogP contribution in [-0.4, -0.2) is 21.9 Å². The molecule has 2 aromatic carbocycles. The first-order valence-electron chi connectivity index (χ1n) is 7.89. The molecule has 0 aromatic heterocycles. The molecular weight excluding hydrogens is 377 g/mol.